The summed E-state index contributed by atoms with van der Waals surface area (Å²) in [6.07, 6.45) is 2.60. The first-order chi connectivity index (χ1) is 6.72. The van der Waals surface area contributed by atoms with E-state index in [0.29, 0.717) is 6.42 Å². The van der Waals surface area contributed by atoms with Crippen molar-refractivity contribution in [2.24, 2.45) is 0 Å². The van der Waals surface area contributed by atoms with E-state index in [1.807, 2.05) is 6.07 Å². The van der Waals surface area contributed by atoms with Crippen LogP contribution < -0.4 is 5.32 Å². The number of carbonyl (C=O) groups is 1. The van der Waals surface area contributed by atoms with Crippen LogP contribution in [-0.4, -0.2) is 33.9 Å². The second-order valence-corrected chi connectivity index (χ2v) is 2.89. The standard InChI is InChI=1S/C9H12N2O3/c12-6-8(11-9(13)14)4-7-2-1-3-10-5-7/h1-3,5,8,11-12H,4,6H2,(H,13,14)/t8-/m1/s1. The number of aromatic nitrogens is 1. The Hall–Kier alpha value is -1.62. The first-order valence-corrected chi connectivity index (χ1v) is 4.21. The molecule has 0 radical (unpaired) electrons. The second kappa shape index (κ2) is 5.18. The van der Waals surface area contributed by atoms with Crippen LogP contribution in [0.15, 0.2) is 24.5 Å². The first-order valence-electron chi connectivity index (χ1n) is 4.21. The van der Waals surface area contributed by atoms with E-state index in [1.54, 1.807) is 18.5 Å². The number of rotatable bonds is 4. The van der Waals surface area contributed by atoms with Crippen LogP contribution in [0.2, 0.25) is 0 Å². The zero-order chi connectivity index (χ0) is 10.4. The van der Waals surface area contributed by atoms with Gasteiger partial charge in [0.05, 0.1) is 12.6 Å². The summed E-state index contributed by atoms with van der Waals surface area (Å²) >= 11 is 0. The third kappa shape index (κ3) is 3.40. The summed E-state index contributed by atoms with van der Waals surface area (Å²) < 4.78 is 0. The molecule has 5 nitrogen and oxygen atoms in total. The molecule has 3 N–H and O–H groups in total. The van der Waals surface area contributed by atoms with Crippen LogP contribution in [0.5, 0.6) is 0 Å². The van der Waals surface area contributed by atoms with Gasteiger partial charge in [-0.15, -0.1) is 0 Å². The van der Waals surface area contributed by atoms with Gasteiger partial charge in [0.25, 0.3) is 0 Å². The number of nitrogens with zero attached hydrogens (tertiary/aromatic N) is 1. The zero-order valence-corrected chi connectivity index (χ0v) is 7.55. The third-order valence-electron chi connectivity index (χ3n) is 1.75. The van der Waals surface area contributed by atoms with Gasteiger partial charge in [0.1, 0.15) is 0 Å². The number of pyridine rings is 1. The van der Waals surface area contributed by atoms with E-state index in [9.17, 15) is 4.79 Å². The quantitative estimate of drug-likeness (QED) is 0.644. The van der Waals surface area contributed by atoms with Gasteiger partial charge >= 0.3 is 6.09 Å². The van der Waals surface area contributed by atoms with E-state index in [1.165, 1.54) is 0 Å². The Morgan fingerprint density at radius 1 is 1.64 bits per heavy atom. The normalized spacial score (nSPS) is 12.1. The van der Waals surface area contributed by atoms with Crippen molar-refractivity contribution in [2.45, 2.75) is 12.5 Å². The SMILES string of the molecule is O=C(O)N[C@@H](CO)Cc1cccnc1. The van der Waals surface area contributed by atoms with E-state index in [0.717, 1.165) is 5.56 Å². The lowest BCUT2D eigenvalue weighted by Gasteiger charge is -2.13. The summed E-state index contributed by atoms with van der Waals surface area (Å²) in [4.78, 5) is 14.2. The summed E-state index contributed by atoms with van der Waals surface area (Å²) in [6.45, 7) is -0.221. The van der Waals surface area contributed by atoms with Crippen molar-refractivity contribution in [1.29, 1.82) is 0 Å². The maximum atomic E-state index is 10.3. The molecule has 1 aromatic heterocycles. The molecule has 0 bridgehead atoms. The number of hydrogen-bond acceptors (Lipinski definition) is 3. The van der Waals surface area contributed by atoms with Crippen molar-refractivity contribution < 1.29 is 15.0 Å². The molecule has 1 rings (SSSR count). The van der Waals surface area contributed by atoms with Crippen molar-refractivity contribution in [3.63, 3.8) is 0 Å². The highest BCUT2D eigenvalue weighted by Crippen LogP contribution is 2.00. The van der Waals surface area contributed by atoms with Gasteiger partial charge in [0.2, 0.25) is 0 Å². The Bertz CT molecular complexity index is 289. The molecule has 0 aliphatic carbocycles. The van der Waals surface area contributed by atoms with Gasteiger partial charge in [-0.3, -0.25) is 4.98 Å². The Morgan fingerprint density at radius 3 is 2.93 bits per heavy atom. The van der Waals surface area contributed by atoms with Gasteiger partial charge < -0.3 is 15.5 Å². The third-order valence-corrected chi connectivity index (χ3v) is 1.75. The molecule has 76 valence electrons. The van der Waals surface area contributed by atoms with E-state index in [2.05, 4.69) is 10.3 Å². The van der Waals surface area contributed by atoms with E-state index in [4.69, 9.17) is 10.2 Å². The second-order valence-electron chi connectivity index (χ2n) is 2.89. The Kier molecular flexibility index (Phi) is 3.87. The average Bonchev–Trinajstić information content (AvgIpc) is 2.17. The van der Waals surface area contributed by atoms with Gasteiger partial charge in [0.15, 0.2) is 0 Å². The summed E-state index contributed by atoms with van der Waals surface area (Å²) in [7, 11) is 0. The van der Waals surface area contributed by atoms with Crippen LogP contribution in [0.1, 0.15) is 5.56 Å². The number of aliphatic hydroxyl groups is 1. The smallest absolute Gasteiger partial charge is 0.404 e. The van der Waals surface area contributed by atoms with Crippen molar-refractivity contribution in [3.8, 4) is 0 Å². The molecular formula is C9H12N2O3. The van der Waals surface area contributed by atoms with Crippen LogP contribution in [-0.2, 0) is 6.42 Å². The first kappa shape index (κ1) is 10.5. The minimum Gasteiger partial charge on any atom is -0.465 e. The fourth-order valence-electron chi connectivity index (χ4n) is 1.14. The Balaban J connectivity index is 2.53. The lowest BCUT2D eigenvalue weighted by Crippen LogP contribution is -2.38. The minimum absolute atomic E-state index is 0.221. The largest absolute Gasteiger partial charge is 0.465 e. The molecule has 1 heterocycles. The number of amides is 1. The summed E-state index contributed by atoms with van der Waals surface area (Å²) in [6, 6.07) is 3.13. The molecule has 0 aromatic carbocycles. The van der Waals surface area contributed by atoms with E-state index in [-0.39, 0.29) is 6.61 Å². The summed E-state index contributed by atoms with van der Waals surface area (Å²) in [5.74, 6) is 0. The highest BCUT2D eigenvalue weighted by atomic mass is 16.4. The fraction of sp³-hybridized carbons (Fsp3) is 0.333. The predicted molar refractivity (Wildman–Crippen MR) is 50.0 cm³/mol. The molecule has 0 aliphatic heterocycles. The number of hydrogen-bond donors (Lipinski definition) is 3. The van der Waals surface area contributed by atoms with Crippen molar-refractivity contribution in [3.05, 3.63) is 30.1 Å². The molecule has 1 atom stereocenters. The van der Waals surface area contributed by atoms with Gasteiger partial charge in [-0.1, -0.05) is 6.07 Å². The van der Waals surface area contributed by atoms with Gasteiger partial charge in [-0.25, -0.2) is 4.79 Å². The highest BCUT2D eigenvalue weighted by molar-refractivity contribution is 5.64. The van der Waals surface area contributed by atoms with E-state index < -0.39 is 12.1 Å². The molecule has 14 heavy (non-hydrogen) atoms. The summed E-state index contributed by atoms with van der Waals surface area (Å²) in [5, 5.41) is 19.6. The molecule has 0 saturated heterocycles. The van der Waals surface area contributed by atoms with Gasteiger partial charge in [-0.05, 0) is 18.1 Å². The topological polar surface area (TPSA) is 82.5 Å². The molecule has 0 spiro atoms. The lowest BCUT2D eigenvalue weighted by atomic mass is 10.1. The van der Waals surface area contributed by atoms with Gasteiger partial charge in [-0.2, -0.15) is 0 Å². The van der Waals surface area contributed by atoms with Crippen molar-refractivity contribution >= 4 is 6.09 Å². The molecule has 0 fully saturated rings. The number of carboxylic acid groups (broad SMARTS) is 1. The van der Waals surface area contributed by atoms with Gasteiger partial charge in [0, 0.05) is 12.4 Å². The van der Waals surface area contributed by atoms with Crippen LogP contribution >= 0.6 is 0 Å². The number of nitrogens with one attached hydrogen (secondary N) is 1. The maximum Gasteiger partial charge on any atom is 0.404 e. The molecule has 1 amide bonds. The van der Waals surface area contributed by atoms with Crippen LogP contribution in [0, 0.1) is 0 Å². The lowest BCUT2D eigenvalue weighted by molar-refractivity contribution is 0.177. The minimum atomic E-state index is -1.13. The van der Waals surface area contributed by atoms with Crippen LogP contribution in [0.4, 0.5) is 4.79 Å². The molecule has 1 aromatic rings. The van der Waals surface area contributed by atoms with E-state index >= 15 is 0 Å². The van der Waals surface area contributed by atoms with Crippen LogP contribution in [0.3, 0.4) is 0 Å². The Labute approximate surface area is 81.4 Å². The fourth-order valence-corrected chi connectivity index (χ4v) is 1.14. The number of aliphatic hydroxyl groups excluding tert-OH is 1. The monoisotopic (exact) mass is 196 g/mol. The molecule has 0 unspecified atom stereocenters. The molecule has 0 saturated carbocycles. The predicted octanol–water partition coefficient (Wildman–Crippen LogP) is 0.253. The highest BCUT2D eigenvalue weighted by Gasteiger charge is 2.10. The molecule has 0 aliphatic rings. The van der Waals surface area contributed by atoms with Crippen molar-refractivity contribution in [2.75, 3.05) is 6.61 Å². The zero-order valence-electron chi connectivity index (χ0n) is 7.55. The maximum absolute atomic E-state index is 10.3. The summed E-state index contributed by atoms with van der Waals surface area (Å²) in [5.41, 5.74) is 0.889. The van der Waals surface area contributed by atoms with Crippen LogP contribution in [0.25, 0.3) is 0 Å². The van der Waals surface area contributed by atoms with Crippen molar-refractivity contribution in [1.82, 2.24) is 10.3 Å². The molecular weight excluding hydrogens is 184 g/mol. The Morgan fingerprint density at radius 2 is 2.43 bits per heavy atom. The molecule has 5 heteroatoms. The average molecular weight is 196 g/mol.